The van der Waals surface area contributed by atoms with Gasteiger partial charge in [0.2, 0.25) is 14.8 Å². The Labute approximate surface area is 195 Å². The number of hydrogen-bond acceptors (Lipinski definition) is 5. The van der Waals surface area contributed by atoms with Crippen molar-refractivity contribution < 1.29 is 8.42 Å². The summed E-state index contributed by atoms with van der Waals surface area (Å²) in [5.41, 5.74) is 1.61. The lowest BCUT2D eigenvalue weighted by molar-refractivity contribution is 0.605. The molecule has 6 nitrogen and oxygen atoms in total. The average molecular weight is 568 g/mol. The zero-order chi connectivity index (χ0) is 21.1. The molecule has 0 saturated carbocycles. The molecule has 10 heteroatoms. The normalized spacial score (nSPS) is 11.7. The number of halogens is 2. The minimum atomic E-state index is -3.54. The number of hydrogen-bond donors (Lipinski definition) is 1. The first-order valence-corrected chi connectivity index (χ1v) is 13.1. The largest absolute Gasteiger partial charge is 0.292 e. The topological polar surface area (TPSA) is 76.9 Å². The molecule has 154 valence electrons. The lowest BCUT2D eigenvalue weighted by Gasteiger charge is -2.12. The van der Waals surface area contributed by atoms with E-state index in [1.807, 2.05) is 34.9 Å². The first-order valence-electron chi connectivity index (χ1n) is 8.86. The zero-order valence-corrected chi connectivity index (χ0v) is 20.3. The van der Waals surface area contributed by atoms with Crippen LogP contribution in [0.25, 0.3) is 10.8 Å². The summed E-state index contributed by atoms with van der Waals surface area (Å²) in [5.74, 6) is 0. The van der Waals surface area contributed by atoms with Gasteiger partial charge in [-0.1, -0.05) is 76.2 Å². The number of nitrogens with zero attached hydrogens (tertiary/aromatic N) is 3. The molecule has 0 amide bonds. The van der Waals surface area contributed by atoms with Crippen LogP contribution >= 0.6 is 43.6 Å². The van der Waals surface area contributed by atoms with Gasteiger partial charge in [0.25, 0.3) is 0 Å². The van der Waals surface area contributed by atoms with Gasteiger partial charge in [-0.25, -0.2) is 8.42 Å². The minimum Gasteiger partial charge on any atom is -0.292 e. The molecule has 30 heavy (non-hydrogen) atoms. The van der Waals surface area contributed by atoms with Gasteiger partial charge >= 0.3 is 0 Å². The Bertz CT molecular complexity index is 1290. The van der Waals surface area contributed by atoms with Crippen molar-refractivity contribution in [3.05, 3.63) is 81.5 Å². The van der Waals surface area contributed by atoms with Gasteiger partial charge in [-0.3, -0.25) is 9.29 Å². The third-order valence-corrected chi connectivity index (χ3v) is 8.45. The highest BCUT2D eigenvalue weighted by Gasteiger charge is 2.17. The van der Waals surface area contributed by atoms with Gasteiger partial charge in [0, 0.05) is 10.2 Å². The Kier molecular flexibility index (Phi) is 6.47. The second kappa shape index (κ2) is 9.09. The highest BCUT2D eigenvalue weighted by molar-refractivity contribution is 9.10. The number of rotatable bonds is 7. The molecule has 4 aromatic rings. The monoisotopic (exact) mass is 566 g/mol. The predicted molar refractivity (Wildman–Crippen MR) is 128 cm³/mol. The summed E-state index contributed by atoms with van der Waals surface area (Å²) in [6.07, 6.45) is 0. The molecule has 0 fully saturated rings. The van der Waals surface area contributed by atoms with Gasteiger partial charge in [0.1, 0.15) is 5.08 Å². The molecule has 0 spiro atoms. The van der Waals surface area contributed by atoms with Crippen molar-refractivity contribution in [1.29, 1.82) is 0 Å². The Morgan fingerprint density at radius 1 is 0.900 bits per heavy atom. The lowest BCUT2D eigenvalue weighted by atomic mass is 10.0. The van der Waals surface area contributed by atoms with Crippen molar-refractivity contribution in [2.24, 2.45) is 0 Å². The molecule has 0 unspecified atom stereocenters. The van der Waals surface area contributed by atoms with E-state index < -0.39 is 10.0 Å². The first-order chi connectivity index (χ1) is 14.4. The summed E-state index contributed by atoms with van der Waals surface area (Å²) in [7, 11) is -3.54. The van der Waals surface area contributed by atoms with Crippen molar-refractivity contribution in [2.45, 2.75) is 11.7 Å². The van der Waals surface area contributed by atoms with E-state index >= 15 is 0 Å². The average Bonchev–Trinajstić information content (AvgIpc) is 3.09. The van der Waals surface area contributed by atoms with E-state index in [1.165, 1.54) is 0 Å². The molecule has 4 rings (SSSR count). The number of anilines is 1. The second-order valence-electron chi connectivity index (χ2n) is 6.43. The molecule has 1 aromatic heterocycles. The van der Waals surface area contributed by atoms with E-state index in [4.69, 9.17) is 0 Å². The molecule has 0 atom stereocenters. The van der Waals surface area contributed by atoms with Gasteiger partial charge in [0.05, 0.1) is 6.54 Å². The third kappa shape index (κ3) is 4.88. The lowest BCUT2D eigenvalue weighted by Crippen LogP contribution is -2.15. The second-order valence-corrected chi connectivity index (χ2v) is 11.0. The summed E-state index contributed by atoms with van der Waals surface area (Å²) >= 11 is 8.14. The fourth-order valence-corrected chi connectivity index (χ4v) is 6.14. The van der Waals surface area contributed by atoms with Crippen LogP contribution in [0.15, 0.2) is 81.1 Å². The molecule has 0 radical (unpaired) electrons. The van der Waals surface area contributed by atoms with E-state index in [-0.39, 0.29) is 5.08 Å². The summed E-state index contributed by atoms with van der Waals surface area (Å²) in [6.45, 7) is 0.510. The van der Waals surface area contributed by atoms with Crippen LogP contribution in [0, 0.1) is 0 Å². The van der Waals surface area contributed by atoms with E-state index in [0.29, 0.717) is 22.1 Å². The molecule has 1 heterocycles. The van der Waals surface area contributed by atoms with Crippen LogP contribution in [-0.2, 0) is 16.6 Å². The van der Waals surface area contributed by atoms with E-state index in [9.17, 15) is 8.42 Å². The first kappa shape index (κ1) is 21.4. The zero-order valence-electron chi connectivity index (χ0n) is 15.5. The highest BCUT2D eigenvalue weighted by atomic mass is 79.9. The minimum absolute atomic E-state index is 0.173. The molecule has 0 aliphatic carbocycles. The quantitative estimate of drug-likeness (QED) is 0.299. The standard InChI is InChI=1S/C20H16Br2N4O2S2/c21-18-11-10-14(16-8-4-5-9-17(16)18)12-26-19(22)23-24-20(26)29-13-30(27,28)25-15-6-2-1-3-7-15/h1-11,25H,12-13H2. The van der Waals surface area contributed by atoms with E-state index in [2.05, 4.69) is 58.9 Å². The fourth-order valence-electron chi connectivity index (χ4n) is 2.99. The number of fused-ring (bicyclic) bond motifs is 1. The van der Waals surface area contributed by atoms with Crippen molar-refractivity contribution >= 4 is 70.1 Å². The van der Waals surface area contributed by atoms with Gasteiger partial charge in [0.15, 0.2) is 5.16 Å². The molecule has 0 aliphatic rings. The molecule has 0 saturated heterocycles. The van der Waals surface area contributed by atoms with Crippen LogP contribution in [0.3, 0.4) is 0 Å². The Hall–Kier alpha value is -1.88. The van der Waals surface area contributed by atoms with Crippen molar-refractivity contribution in [1.82, 2.24) is 14.8 Å². The molecule has 0 aliphatic heterocycles. The maximum Gasteiger partial charge on any atom is 0.242 e. The van der Waals surface area contributed by atoms with Crippen molar-refractivity contribution in [3.63, 3.8) is 0 Å². The van der Waals surface area contributed by atoms with Crippen LogP contribution in [0.1, 0.15) is 5.56 Å². The molecular formula is C20H16Br2N4O2S2. The van der Waals surface area contributed by atoms with Crippen molar-refractivity contribution in [3.8, 4) is 0 Å². The van der Waals surface area contributed by atoms with E-state index in [0.717, 1.165) is 32.6 Å². The summed E-state index contributed by atoms with van der Waals surface area (Å²) in [4.78, 5) is 0. The van der Waals surface area contributed by atoms with Gasteiger partial charge < -0.3 is 0 Å². The Balaban J connectivity index is 1.55. The number of thioether (sulfide) groups is 1. The van der Waals surface area contributed by atoms with Crippen LogP contribution in [0.5, 0.6) is 0 Å². The van der Waals surface area contributed by atoms with E-state index in [1.54, 1.807) is 24.3 Å². The molecule has 1 N–H and O–H groups in total. The maximum absolute atomic E-state index is 12.5. The van der Waals surface area contributed by atoms with Crippen molar-refractivity contribution in [2.75, 3.05) is 9.81 Å². The Morgan fingerprint density at radius 3 is 2.37 bits per heavy atom. The predicted octanol–water partition coefficient (Wildman–Crippen LogP) is 5.50. The highest BCUT2D eigenvalue weighted by Crippen LogP contribution is 2.29. The molecule has 0 bridgehead atoms. The SMILES string of the molecule is O=S(=O)(CSc1nnc(Br)n1Cc1ccc(Br)c2ccccc12)Nc1ccccc1. The third-order valence-electron chi connectivity index (χ3n) is 4.35. The fraction of sp³-hybridized carbons (Fsp3) is 0.100. The number of sulfonamides is 1. The van der Waals surface area contributed by atoms with Crippen LogP contribution in [0.2, 0.25) is 0 Å². The summed E-state index contributed by atoms with van der Waals surface area (Å²) in [6, 6.07) is 21.0. The van der Waals surface area contributed by atoms with Crippen LogP contribution in [-0.4, -0.2) is 28.3 Å². The number of nitrogens with one attached hydrogen (secondary N) is 1. The molecule has 3 aromatic carbocycles. The maximum atomic E-state index is 12.5. The number of para-hydroxylation sites is 1. The van der Waals surface area contributed by atoms with Crippen LogP contribution < -0.4 is 4.72 Å². The van der Waals surface area contributed by atoms with Gasteiger partial charge in [-0.05, 0) is 50.5 Å². The van der Waals surface area contributed by atoms with Crippen LogP contribution in [0.4, 0.5) is 5.69 Å². The summed E-state index contributed by atoms with van der Waals surface area (Å²) in [5, 5.41) is 10.8. The number of benzene rings is 3. The molecular weight excluding hydrogens is 552 g/mol. The Morgan fingerprint density at radius 2 is 1.60 bits per heavy atom. The van der Waals surface area contributed by atoms with Gasteiger partial charge in [-0.2, -0.15) is 0 Å². The smallest absolute Gasteiger partial charge is 0.242 e. The number of aromatic nitrogens is 3. The van der Waals surface area contributed by atoms with Gasteiger partial charge in [-0.15, -0.1) is 10.2 Å². The summed E-state index contributed by atoms with van der Waals surface area (Å²) < 4.78 is 30.9.